The molecular weight excluding hydrogens is 312 g/mol. The molecule has 1 heterocycles. The highest BCUT2D eigenvalue weighted by Gasteiger charge is 2.32. The number of benzene rings is 1. The third-order valence-corrected chi connectivity index (χ3v) is 5.28. The van der Waals surface area contributed by atoms with E-state index in [1.54, 1.807) is 7.11 Å². The lowest BCUT2D eigenvalue weighted by Gasteiger charge is -2.29. The van der Waals surface area contributed by atoms with Crippen molar-refractivity contribution < 1.29 is 9.53 Å². The van der Waals surface area contributed by atoms with Crippen LogP contribution in [-0.4, -0.2) is 31.6 Å². The highest BCUT2D eigenvalue weighted by Crippen LogP contribution is 2.42. The molecule has 0 saturated heterocycles. The molecule has 0 bridgehead atoms. The topological polar surface area (TPSA) is 50.4 Å². The van der Waals surface area contributed by atoms with Crippen molar-refractivity contribution in [2.24, 2.45) is 5.92 Å². The maximum absolute atomic E-state index is 12.8. The number of hydrogen-bond acceptors (Lipinski definition) is 3. The average Bonchev–Trinajstić information content (AvgIpc) is 2.73. The fourth-order valence-corrected chi connectivity index (χ4v) is 4.28. The summed E-state index contributed by atoms with van der Waals surface area (Å²) in [5.41, 5.74) is 4.80. The number of carbonyl (C=O) groups is 1. The zero-order chi connectivity index (χ0) is 18.0. The van der Waals surface area contributed by atoms with Crippen molar-refractivity contribution in [3.05, 3.63) is 34.9 Å². The quantitative estimate of drug-likeness (QED) is 0.863. The van der Waals surface area contributed by atoms with Gasteiger partial charge in [0.1, 0.15) is 5.75 Å². The van der Waals surface area contributed by atoms with Gasteiger partial charge >= 0.3 is 0 Å². The van der Waals surface area contributed by atoms with Crippen molar-refractivity contribution >= 4 is 11.5 Å². The second-order valence-electron chi connectivity index (χ2n) is 7.62. The van der Waals surface area contributed by atoms with Gasteiger partial charge in [-0.15, -0.1) is 0 Å². The number of carbonyl (C=O) groups excluding carboxylic acids is 1. The monoisotopic (exact) mass is 342 g/mol. The average molecular weight is 342 g/mol. The summed E-state index contributed by atoms with van der Waals surface area (Å²) in [6.07, 6.45) is 3.96. The van der Waals surface area contributed by atoms with Crippen LogP contribution in [0.5, 0.6) is 5.75 Å². The Labute approximate surface area is 151 Å². The molecule has 2 unspecified atom stereocenters. The van der Waals surface area contributed by atoms with Crippen molar-refractivity contribution in [2.75, 3.05) is 13.7 Å². The molecule has 0 saturated carbocycles. The van der Waals surface area contributed by atoms with E-state index in [9.17, 15) is 4.79 Å². The number of amides is 1. The number of aryl methyl sites for hydroxylation is 1. The Morgan fingerprint density at radius 1 is 1.28 bits per heavy atom. The van der Waals surface area contributed by atoms with Gasteiger partial charge in [0.2, 0.25) is 5.91 Å². The third kappa shape index (κ3) is 3.90. The maximum Gasteiger partial charge on any atom is 0.247 e. The van der Waals surface area contributed by atoms with Crippen LogP contribution in [0.25, 0.3) is 5.57 Å². The summed E-state index contributed by atoms with van der Waals surface area (Å²) in [5.74, 6) is 1.48. The number of hydrogen-bond donors (Lipinski definition) is 2. The zero-order valence-corrected chi connectivity index (χ0v) is 15.8. The van der Waals surface area contributed by atoms with Gasteiger partial charge in [-0.25, -0.2) is 0 Å². The minimum Gasteiger partial charge on any atom is -0.497 e. The van der Waals surface area contributed by atoms with Crippen molar-refractivity contribution in [2.45, 2.75) is 58.5 Å². The Bertz CT molecular complexity index is 678. The Morgan fingerprint density at radius 2 is 2.08 bits per heavy atom. The molecule has 3 rings (SSSR count). The summed E-state index contributed by atoms with van der Waals surface area (Å²) < 4.78 is 5.39. The summed E-state index contributed by atoms with van der Waals surface area (Å²) >= 11 is 0. The Balaban J connectivity index is 2.04. The van der Waals surface area contributed by atoms with Crippen molar-refractivity contribution in [3.8, 4) is 5.75 Å². The van der Waals surface area contributed by atoms with Gasteiger partial charge in [-0.1, -0.05) is 19.9 Å². The summed E-state index contributed by atoms with van der Waals surface area (Å²) in [6.45, 7) is 7.23. The van der Waals surface area contributed by atoms with Gasteiger partial charge in [0.25, 0.3) is 0 Å². The van der Waals surface area contributed by atoms with Gasteiger partial charge in [-0.05, 0) is 67.4 Å². The second-order valence-corrected chi connectivity index (χ2v) is 7.62. The van der Waals surface area contributed by atoms with Crippen LogP contribution in [0, 0.1) is 5.92 Å². The molecule has 0 spiro atoms. The predicted molar refractivity (Wildman–Crippen MR) is 102 cm³/mol. The van der Waals surface area contributed by atoms with Crippen LogP contribution >= 0.6 is 0 Å². The number of rotatable bonds is 5. The molecule has 2 atom stereocenters. The number of fused-ring (bicyclic) bond motifs is 3. The van der Waals surface area contributed by atoms with E-state index in [0.717, 1.165) is 43.6 Å². The molecule has 136 valence electrons. The Morgan fingerprint density at radius 3 is 2.80 bits per heavy atom. The second kappa shape index (κ2) is 7.61. The normalized spacial score (nSPS) is 21.3. The largest absolute Gasteiger partial charge is 0.497 e. The highest BCUT2D eigenvalue weighted by molar-refractivity contribution is 6.02. The first kappa shape index (κ1) is 18.0. The molecule has 4 nitrogen and oxygen atoms in total. The minimum atomic E-state index is 0.110. The van der Waals surface area contributed by atoms with Gasteiger partial charge in [0.15, 0.2) is 0 Å². The first-order valence-corrected chi connectivity index (χ1v) is 9.44. The molecule has 2 N–H and O–H groups in total. The van der Waals surface area contributed by atoms with Gasteiger partial charge < -0.3 is 15.4 Å². The summed E-state index contributed by atoms with van der Waals surface area (Å²) in [6, 6.07) is 6.98. The smallest absolute Gasteiger partial charge is 0.247 e. The van der Waals surface area contributed by atoms with Gasteiger partial charge in [0.05, 0.1) is 7.11 Å². The van der Waals surface area contributed by atoms with Crippen molar-refractivity contribution in [1.29, 1.82) is 0 Å². The minimum absolute atomic E-state index is 0.110. The summed E-state index contributed by atoms with van der Waals surface area (Å²) in [5, 5.41) is 6.65. The molecule has 0 fully saturated rings. The maximum atomic E-state index is 12.8. The van der Waals surface area contributed by atoms with Gasteiger partial charge in [-0.3, -0.25) is 4.79 Å². The molecule has 1 aliphatic heterocycles. The molecule has 1 amide bonds. The van der Waals surface area contributed by atoms with Gasteiger partial charge in [-0.2, -0.15) is 0 Å². The van der Waals surface area contributed by atoms with Crippen LogP contribution in [0.3, 0.4) is 0 Å². The summed E-state index contributed by atoms with van der Waals surface area (Å²) in [7, 11) is 1.70. The molecule has 0 radical (unpaired) electrons. The molecule has 4 heteroatoms. The van der Waals surface area contributed by atoms with Crippen LogP contribution in [-0.2, 0) is 11.2 Å². The van der Waals surface area contributed by atoms with E-state index in [2.05, 4.69) is 43.5 Å². The summed E-state index contributed by atoms with van der Waals surface area (Å²) in [4.78, 5) is 12.8. The first-order valence-electron chi connectivity index (χ1n) is 9.44. The van der Waals surface area contributed by atoms with E-state index in [4.69, 9.17) is 4.74 Å². The standard InChI is InChI=1S/C21H30N2O2/c1-13(2)23-14(3)11-19-20-15(9-10-22-21(19)24)5-6-16-12-17(25-4)7-8-18(16)20/h7-8,12-15,23H,5-6,9-11H2,1-4H3,(H,22,24). The SMILES string of the molecule is COc1ccc2c(c1)CCC1CCNC(=O)C(CC(C)NC(C)C)=C21. The van der Waals surface area contributed by atoms with Crippen molar-refractivity contribution in [3.63, 3.8) is 0 Å². The number of nitrogens with one attached hydrogen (secondary N) is 2. The van der Waals surface area contributed by atoms with Crippen LogP contribution in [0.2, 0.25) is 0 Å². The number of allylic oxidation sites excluding steroid dienone is 1. The number of ether oxygens (including phenoxy) is 1. The third-order valence-electron chi connectivity index (χ3n) is 5.28. The van der Waals surface area contributed by atoms with E-state index in [1.807, 2.05) is 6.07 Å². The molecule has 25 heavy (non-hydrogen) atoms. The van der Waals surface area contributed by atoms with E-state index in [1.165, 1.54) is 16.7 Å². The Hall–Kier alpha value is -1.81. The zero-order valence-electron chi connectivity index (χ0n) is 15.8. The van der Waals surface area contributed by atoms with Crippen molar-refractivity contribution in [1.82, 2.24) is 10.6 Å². The molecule has 0 aromatic heterocycles. The van der Waals surface area contributed by atoms with Crippen LogP contribution in [0.1, 0.15) is 51.2 Å². The van der Waals surface area contributed by atoms with E-state index in [-0.39, 0.29) is 11.9 Å². The van der Waals surface area contributed by atoms with Crippen LogP contribution in [0.4, 0.5) is 0 Å². The van der Waals surface area contributed by atoms with E-state index in [0.29, 0.717) is 12.0 Å². The molecular formula is C21H30N2O2. The fourth-order valence-electron chi connectivity index (χ4n) is 4.28. The molecule has 1 aromatic carbocycles. The molecule has 2 aliphatic rings. The Kier molecular flexibility index (Phi) is 5.48. The number of methoxy groups -OCH3 is 1. The van der Waals surface area contributed by atoms with Crippen LogP contribution in [0.15, 0.2) is 23.8 Å². The van der Waals surface area contributed by atoms with E-state index < -0.39 is 0 Å². The molecule has 1 aliphatic carbocycles. The fraction of sp³-hybridized carbons (Fsp3) is 0.571. The highest BCUT2D eigenvalue weighted by atomic mass is 16.5. The lowest BCUT2D eigenvalue weighted by atomic mass is 9.75. The molecule has 1 aromatic rings. The lowest BCUT2D eigenvalue weighted by Crippen LogP contribution is -2.35. The van der Waals surface area contributed by atoms with Crippen LogP contribution < -0.4 is 15.4 Å². The van der Waals surface area contributed by atoms with Gasteiger partial charge in [0, 0.05) is 24.2 Å². The first-order chi connectivity index (χ1) is 12.0. The lowest BCUT2D eigenvalue weighted by molar-refractivity contribution is -0.117. The predicted octanol–water partition coefficient (Wildman–Crippen LogP) is 3.31. The van der Waals surface area contributed by atoms with E-state index >= 15 is 0 Å².